The van der Waals surface area contributed by atoms with Crippen LogP contribution in [-0.2, 0) is 6.54 Å². The highest BCUT2D eigenvalue weighted by Gasteiger charge is 2.15. The molecule has 128 valence electrons. The molecule has 0 radical (unpaired) electrons. The largest absolute Gasteiger partial charge is 0.497 e. The molecule has 0 atom stereocenters. The van der Waals surface area contributed by atoms with Crippen molar-refractivity contribution in [3.05, 3.63) is 62.9 Å². The number of nitrogens with zero attached hydrogens (tertiary/aromatic N) is 1. The van der Waals surface area contributed by atoms with E-state index in [-0.39, 0.29) is 12.1 Å². The van der Waals surface area contributed by atoms with Crippen LogP contribution < -0.4 is 25.5 Å². The summed E-state index contributed by atoms with van der Waals surface area (Å²) in [5.74, 6) is 1.05. The van der Waals surface area contributed by atoms with Gasteiger partial charge in [-0.15, -0.1) is 0 Å². The standard InChI is InChI=1S/C18H15NO6/c1-22-12-3-4-13-15(9-12)25-18(21)19(17(13)20)10-11-2-5-14-16(8-11)24-7-6-23-14/h2-5,8-9H,6-7,10H2,1H3. The Morgan fingerprint density at radius 3 is 2.64 bits per heavy atom. The maximum Gasteiger partial charge on any atom is 0.422 e. The monoisotopic (exact) mass is 341 g/mol. The molecule has 0 fully saturated rings. The maximum atomic E-state index is 12.6. The molecule has 1 aliphatic rings. The SMILES string of the molecule is COc1ccc2c(=O)n(Cc3ccc4c(c3)OCCO4)c(=O)oc2c1. The molecule has 0 N–H and O–H groups in total. The molecule has 0 saturated heterocycles. The number of methoxy groups -OCH3 is 1. The summed E-state index contributed by atoms with van der Waals surface area (Å²) in [5.41, 5.74) is 0.531. The Morgan fingerprint density at radius 1 is 1.04 bits per heavy atom. The Bertz CT molecular complexity index is 1070. The second-order valence-corrected chi connectivity index (χ2v) is 5.60. The van der Waals surface area contributed by atoms with E-state index in [0.29, 0.717) is 35.8 Å². The summed E-state index contributed by atoms with van der Waals surface area (Å²) in [6, 6.07) is 10.1. The normalized spacial score (nSPS) is 13.0. The Morgan fingerprint density at radius 2 is 1.84 bits per heavy atom. The van der Waals surface area contributed by atoms with Crippen LogP contribution in [0.4, 0.5) is 0 Å². The predicted octanol–water partition coefficient (Wildman–Crippen LogP) is 1.78. The summed E-state index contributed by atoms with van der Waals surface area (Å²) in [6.07, 6.45) is 0. The molecule has 2 heterocycles. The van der Waals surface area contributed by atoms with E-state index in [1.165, 1.54) is 13.2 Å². The molecule has 3 aromatic rings. The van der Waals surface area contributed by atoms with Crippen molar-refractivity contribution in [3.63, 3.8) is 0 Å². The van der Waals surface area contributed by atoms with Crippen LogP contribution >= 0.6 is 0 Å². The van der Waals surface area contributed by atoms with E-state index in [9.17, 15) is 9.59 Å². The van der Waals surface area contributed by atoms with Gasteiger partial charge in [0.15, 0.2) is 11.5 Å². The van der Waals surface area contributed by atoms with E-state index in [2.05, 4.69) is 0 Å². The van der Waals surface area contributed by atoms with Crippen molar-refractivity contribution in [2.24, 2.45) is 0 Å². The molecule has 4 rings (SSSR count). The smallest absolute Gasteiger partial charge is 0.422 e. The van der Waals surface area contributed by atoms with Gasteiger partial charge in [0, 0.05) is 6.07 Å². The zero-order chi connectivity index (χ0) is 17.4. The zero-order valence-corrected chi connectivity index (χ0v) is 13.5. The van der Waals surface area contributed by atoms with Crippen LogP contribution in [0.25, 0.3) is 11.0 Å². The first-order valence-corrected chi connectivity index (χ1v) is 7.76. The van der Waals surface area contributed by atoms with Crippen molar-refractivity contribution < 1.29 is 18.6 Å². The lowest BCUT2D eigenvalue weighted by molar-refractivity contribution is 0.171. The molecule has 7 nitrogen and oxygen atoms in total. The van der Waals surface area contributed by atoms with E-state index in [1.54, 1.807) is 30.3 Å². The van der Waals surface area contributed by atoms with Gasteiger partial charge in [-0.05, 0) is 29.8 Å². The minimum absolute atomic E-state index is 0.0831. The molecular weight excluding hydrogens is 326 g/mol. The van der Waals surface area contributed by atoms with E-state index >= 15 is 0 Å². The van der Waals surface area contributed by atoms with Gasteiger partial charge >= 0.3 is 5.76 Å². The van der Waals surface area contributed by atoms with Crippen LogP contribution in [0.5, 0.6) is 17.2 Å². The first-order valence-electron chi connectivity index (χ1n) is 7.76. The van der Waals surface area contributed by atoms with Crippen molar-refractivity contribution in [3.8, 4) is 17.2 Å². The molecular formula is C18H15NO6. The zero-order valence-electron chi connectivity index (χ0n) is 13.5. The summed E-state index contributed by atoms with van der Waals surface area (Å²) in [5, 5.41) is 0.318. The van der Waals surface area contributed by atoms with Crippen LogP contribution in [-0.4, -0.2) is 24.9 Å². The average Bonchev–Trinajstić information content (AvgIpc) is 2.64. The number of hydrogen-bond acceptors (Lipinski definition) is 6. The van der Waals surface area contributed by atoms with Crippen molar-refractivity contribution in [1.29, 1.82) is 0 Å². The number of rotatable bonds is 3. The van der Waals surface area contributed by atoms with Gasteiger partial charge in [-0.2, -0.15) is 0 Å². The van der Waals surface area contributed by atoms with Gasteiger partial charge in [-0.1, -0.05) is 6.07 Å². The lowest BCUT2D eigenvalue weighted by Gasteiger charge is -2.18. The van der Waals surface area contributed by atoms with Crippen LogP contribution in [0, 0.1) is 0 Å². The third-order valence-corrected chi connectivity index (χ3v) is 4.03. The summed E-state index contributed by atoms with van der Waals surface area (Å²) < 4.78 is 22.4. The Labute approximate surface area is 142 Å². The molecule has 0 saturated carbocycles. The predicted molar refractivity (Wildman–Crippen MR) is 89.8 cm³/mol. The highest BCUT2D eigenvalue weighted by atomic mass is 16.6. The minimum atomic E-state index is -0.722. The number of hydrogen-bond donors (Lipinski definition) is 0. The molecule has 1 aromatic heterocycles. The number of aromatic nitrogens is 1. The Hall–Kier alpha value is -3.22. The molecule has 0 aliphatic carbocycles. The number of benzene rings is 2. The molecule has 0 bridgehead atoms. The average molecular weight is 341 g/mol. The van der Waals surface area contributed by atoms with E-state index in [1.807, 2.05) is 0 Å². The van der Waals surface area contributed by atoms with Crippen LogP contribution in [0.3, 0.4) is 0 Å². The minimum Gasteiger partial charge on any atom is -0.497 e. The van der Waals surface area contributed by atoms with Gasteiger partial charge in [0.05, 0.1) is 19.0 Å². The molecule has 7 heteroatoms. The van der Waals surface area contributed by atoms with Gasteiger partial charge in [0.1, 0.15) is 24.5 Å². The van der Waals surface area contributed by atoms with Crippen molar-refractivity contribution in [1.82, 2.24) is 4.57 Å². The number of fused-ring (bicyclic) bond motifs is 2. The third kappa shape index (κ3) is 2.73. The maximum absolute atomic E-state index is 12.6. The van der Waals surface area contributed by atoms with Crippen molar-refractivity contribution in [2.45, 2.75) is 6.54 Å². The summed E-state index contributed by atoms with van der Waals surface area (Å²) in [4.78, 5) is 24.9. The topological polar surface area (TPSA) is 79.9 Å². The van der Waals surface area contributed by atoms with Gasteiger partial charge < -0.3 is 18.6 Å². The fraction of sp³-hybridized carbons (Fsp3) is 0.222. The van der Waals surface area contributed by atoms with E-state index in [0.717, 1.165) is 10.1 Å². The Kier molecular flexibility index (Phi) is 3.68. The summed E-state index contributed by atoms with van der Waals surface area (Å²) >= 11 is 0. The molecule has 2 aromatic carbocycles. The lowest BCUT2D eigenvalue weighted by atomic mass is 10.2. The molecule has 0 spiro atoms. The van der Waals surface area contributed by atoms with E-state index in [4.69, 9.17) is 18.6 Å². The molecule has 1 aliphatic heterocycles. The highest BCUT2D eigenvalue weighted by Crippen LogP contribution is 2.30. The third-order valence-electron chi connectivity index (χ3n) is 4.03. The quantitative estimate of drug-likeness (QED) is 0.722. The van der Waals surface area contributed by atoms with Gasteiger partial charge in [-0.25, -0.2) is 9.36 Å². The second-order valence-electron chi connectivity index (χ2n) is 5.60. The van der Waals surface area contributed by atoms with Crippen LogP contribution in [0.2, 0.25) is 0 Å². The van der Waals surface area contributed by atoms with Crippen molar-refractivity contribution >= 4 is 11.0 Å². The number of ether oxygens (including phenoxy) is 3. The fourth-order valence-electron chi connectivity index (χ4n) is 2.77. The first-order chi connectivity index (χ1) is 12.2. The molecule has 0 amide bonds. The van der Waals surface area contributed by atoms with Gasteiger partial charge in [-0.3, -0.25) is 4.79 Å². The van der Waals surface area contributed by atoms with Gasteiger partial charge in [0.25, 0.3) is 5.56 Å². The molecule has 25 heavy (non-hydrogen) atoms. The fourth-order valence-corrected chi connectivity index (χ4v) is 2.77. The summed E-state index contributed by atoms with van der Waals surface area (Å²) in [7, 11) is 1.50. The van der Waals surface area contributed by atoms with Gasteiger partial charge in [0.2, 0.25) is 0 Å². The second kappa shape index (κ2) is 6.01. The van der Waals surface area contributed by atoms with Crippen LogP contribution in [0.15, 0.2) is 50.4 Å². The lowest BCUT2D eigenvalue weighted by Crippen LogP contribution is -2.32. The summed E-state index contributed by atoms with van der Waals surface area (Å²) in [6.45, 7) is 1.06. The Balaban J connectivity index is 1.77. The highest BCUT2D eigenvalue weighted by molar-refractivity contribution is 5.76. The van der Waals surface area contributed by atoms with E-state index < -0.39 is 11.3 Å². The van der Waals surface area contributed by atoms with Crippen molar-refractivity contribution in [2.75, 3.05) is 20.3 Å². The molecule has 0 unspecified atom stereocenters. The first kappa shape index (κ1) is 15.3. The van der Waals surface area contributed by atoms with Crippen LogP contribution in [0.1, 0.15) is 5.56 Å².